The van der Waals surface area contributed by atoms with Gasteiger partial charge in [0.2, 0.25) is 0 Å². The summed E-state index contributed by atoms with van der Waals surface area (Å²) in [6.45, 7) is 4.93. The smallest absolute Gasteiger partial charge is 0.262 e. The number of anilines is 2. The lowest BCUT2D eigenvalue weighted by Gasteiger charge is -2.38. The number of carbonyl (C=O) groups excluding carboxylic acids is 1. The van der Waals surface area contributed by atoms with Crippen LogP contribution < -0.4 is 15.0 Å². The first-order valence-corrected chi connectivity index (χ1v) is 12.2. The summed E-state index contributed by atoms with van der Waals surface area (Å²) < 4.78 is 5.97. The third kappa shape index (κ3) is 4.78. The van der Waals surface area contributed by atoms with Crippen LogP contribution in [0.15, 0.2) is 103 Å². The fourth-order valence-corrected chi connectivity index (χ4v) is 4.44. The van der Waals surface area contributed by atoms with Gasteiger partial charge in [-0.05, 0) is 65.4 Å². The zero-order chi connectivity index (χ0) is 24.2. The molecule has 0 unspecified atom stereocenters. The SMILES string of the molecule is CC[C@@H](C)c1ccc(N2C(=O)c3ccccc3N[C@H]2c2ccc(OCc3ccccc3)cc2)cc1. The van der Waals surface area contributed by atoms with Crippen LogP contribution >= 0.6 is 0 Å². The van der Waals surface area contributed by atoms with E-state index >= 15 is 0 Å². The first kappa shape index (κ1) is 22.7. The van der Waals surface area contributed by atoms with Gasteiger partial charge in [-0.15, -0.1) is 0 Å². The Morgan fingerprint density at radius 2 is 1.54 bits per heavy atom. The van der Waals surface area contributed by atoms with Gasteiger partial charge in [-0.2, -0.15) is 0 Å². The Bertz CT molecular complexity index is 1280. The molecular weight excluding hydrogens is 432 g/mol. The lowest BCUT2D eigenvalue weighted by atomic mass is 9.97. The molecule has 4 aromatic carbocycles. The molecule has 176 valence electrons. The molecule has 4 nitrogen and oxygen atoms in total. The molecule has 0 fully saturated rings. The Morgan fingerprint density at radius 3 is 2.26 bits per heavy atom. The maximum Gasteiger partial charge on any atom is 0.262 e. The molecule has 1 aliphatic rings. The maximum absolute atomic E-state index is 13.7. The van der Waals surface area contributed by atoms with Crippen molar-refractivity contribution in [3.05, 3.63) is 125 Å². The minimum Gasteiger partial charge on any atom is -0.489 e. The van der Waals surface area contributed by atoms with E-state index in [-0.39, 0.29) is 12.1 Å². The molecule has 0 saturated carbocycles. The van der Waals surface area contributed by atoms with E-state index in [4.69, 9.17) is 4.74 Å². The highest BCUT2D eigenvalue weighted by Gasteiger charge is 2.34. The number of hydrogen-bond donors (Lipinski definition) is 1. The molecule has 1 heterocycles. The van der Waals surface area contributed by atoms with Crippen LogP contribution in [-0.4, -0.2) is 5.91 Å². The van der Waals surface area contributed by atoms with Crippen molar-refractivity contribution < 1.29 is 9.53 Å². The molecule has 1 aliphatic heterocycles. The predicted octanol–water partition coefficient (Wildman–Crippen LogP) is 7.55. The van der Waals surface area contributed by atoms with Crippen molar-refractivity contribution in [1.29, 1.82) is 0 Å². The molecule has 0 radical (unpaired) electrons. The molecule has 0 aromatic heterocycles. The summed E-state index contributed by atoms with van der Waals surface area (Å²) in [6.07, 6.45) is 0.758. The quantitative estimate of drug-likeness (QED) is 0.308. The van der Waals surface area contributed by atoms with Crippen LogP contribution in [0.1, 0.15) is 59.4 Å². The predicted molar refractivity (Wildman–Crippen MR) is 142 cm³/mol. The highest BCUT2D eigenvalue weighted by molar-refractivity contribution is 6.12. The second-order valence-electron chi connectivity index (χ2n) is 9.01. The normalized spacial score (nSPS) is 15.8. The van der Waals surface area contributed by atoms with Gasteiger partial charge in [0.25, 0.3) is 5.91 Å². The molecule has 1 N–H and O–H groups in total. The third-order valence-corrected chi connectivity index (χ3v) is 6.72. The average Bonchev–Trinajstić information content (AvgIpc) is 2.92. The molecular formula is C31H30N2O2. The number of fused-ring (bicyclic) bond motifs is 1. The van der Waals surface area contributed by atoms with Crippen LogP contribution in [0, 0.1) is 0 Å². The summed E-state index contributed by atoms with van der Waals surface area (Å²) in [7, 11) is 0. The Balaban J connectivity index is 1.44. The van der Waals surface area contributed by atoms with Gasteiger partial charge in [0.15, 0.2) is 0 Å². The molecule has 0 saturated heterocycles. The molecule has 2 atom stereocenters. The Hall–Kier alpha value is -4.05. The molecule has 0 bridgehead atoms. The van der Waals surface area contributed by atoms with Gasteiger partial charge >= 0.3 is 0 Å². The van der Waals surface area contributed by atoms with Gasteiger partial charge in [0.05, 0.1) is 5.56 Å². The Kier molecular flexibility index (Phi) is 6.53. The number of rotatable bonds is 7. The van der Waals surface area contributed by atoms with E-state index in [9.17, 15) is 4.79 Å². The number of ether oxygens (including phenoxy) is 1. The number of hydrogen-bond acceptors (Lipinski definition) is 3. The van der Waals surface area contributed by atoms with Crippen LogP contribution in [-0.2, 0) is 6.61 Å². The zero-order valence-electron chi connectivity index (χ0n) is 20.1. The number of benzene rings is 4. The van der Waals surface area contributed by atoms with Crippen LogP contribution in [0.2, 0.25) is 0 Å². The number of carbonyl (C=O) groups is 1. The van der Waals surface area contributed by atoms with Gasteiger partial charge in [0.1, 0.15) is 18.5 Å². The van der Waals surface area contributed by atoms with E-state index in [0.29, 0.717) is 18.1 Å². The Labute approximate surface area is 207 Å². The fourth-order valence-electron chi connectivity index (χ4n) is 4.44. The van der Waals surface area contributed by atoms with Crippen LogP contribution in [0.25, 0.3) is 0 Å². The van der Waals surface area contributed by atoms with E-state index in [1.54, 1.807) is 0 Å². The Morgan fingerprint density at radius 1 is 0.857 bits per heavy atom. The number of para-hydroxylation sites is 1. The standard InChI is InChI=1S/C31H30N2O2/c1-3-22(2)24-13-17-26(18-14-24)33-30(32-29-12-8-7-11-28(29)31(33)34)25-15-19-27(20-16-25)35-21-23-9-5-4-6-10-23/h4-20,22,30,32H,3,21H2,1-2H3/t22-,30-/m1/s1. The first-order chi connectivity index (χ1) is 17.1. The van der Waals surface area contributed by atoms with Gasteiger partial charge in [-0.1, -0.05) is 80.6 Å². The van der Waals surface area contributed by atoms with E-state index in [1.807, 2.05) is 83.8 Å². The van der Waals surface area contributed by atoms with Gasteiger partial charge < -0.3 is 10.1 Å². The lowest BCUT2D eigenvalue weighted by Crippen LogP contribution is -2.43. The van der Waals surface area contributed by atoms with E-state index in [0.717, 1.165) is 34.7 Å². The lowest BCUT2D eigenvalue weighted by molar-refractivity contribution is 0.0975. The summed E-state index contributed by atoms with van der Waals surface area (Å²) >= 11 is 0. The maximum atomic E-state index is 13.7. The summed E-state index contributed by atoms with van der Waals surface area (Å²) in [4.78, 5) is 15.5. The van der Waals surface area contributed by atoms with E-state index < -0.39 is 0 Å². The van der Waals surface area contributed by atoms with Crippen LogP contribution in [0.5, 0.6) is 5.75 Å². The molecule has 4 heteroatoms. The molecule has 0 aliphatic carbocycles. The molecule has 4 aromatic rings. The summed E-state index contributed by atoms with van der Waals surface area (Å²) in [5, 5.41) is 3.58. The summed E-state index contributed by atoms with van der Waals surface area (Å²) in [5.41, 5.74) is 5.80. The molecule has 1 amide bonds. The van der Waals surface area contributed by atoms with Gasteiger partial charge in [-0.3, -0.25) is 9.69 Å². The highest BCUT2D eigenvalue weighted by atomic mass is 16.5. The van der Waals surface area contributed by atoms with E-state index in [1.165, 1.54) is 5.56 Å². The third-order valence-electron chi connectivity index (χ3n) is 6.72. The molecule has 35 heavy (non-hydrogen) atoms. The number of amides is 1. The number of nitrogens with zero attached hydrogens (tertiary/aromatic N) is 1. The minimum atomic E-state index is -0.324. The monoisotopic (exact) mass is 462 g/mol. The first-order valence-electron chi connectivity index (χ1n) is 12.2. The fraction of sp³-hybridized carbons (Fsp3) is 0.194. The van der Waals surface area contributed by atoms with Gasteiger partial charge in [0, 0.05) is 11.4 Å². The molecule has 0 spiro atoms. The van der Waals surface area contributed by atoms with Crippen molar-refractivity contribution in [2.24, 2.45) is 0 Å². The second-order valence-corrected chi connectivity index (χ2v) is 9.01. The highest BCUT2D eigenvalue weighted by Crippen LogP contribution is 2.37. The molecule has 5 rings (SSSR count). The zero-order valence-corrected chi connectivity index (χ0v) is 20.1. The van der Waals surface area contributed by atoms with Crippen molar-refractivity contribution >= 4 is 17.3 Å². The average molecular weight is 463 g/mol. The number of nitrogens with one attached hydrogen (secondary N) is 1. The van der Waals surface area contributed by atoms with Crippen molar-refractivity contribution in [3.63, 3.8) is 0 Å². The summed E-state index contributed by atoms with van der Waals surface area (Å²) in [6, 6.07) is 34.2. The topological polar surface area (TPSA) is 41.6 Å². The summed E-state index contributed by atoms with van der Waals surface area (Å²) in [5.74, 6) is 1.27. The minimum absolute atomic E-state index is 0.00922. The second kappa shape index (κ2) is 10.1. The van der Waals surface area contributed by atoms with Gasteiger partial charge in [-0.25, -0.2) is 0 Å². The van der Waals surface area contributed by atoms with Crippen LogP contribution in [0.4, 0.5) is 11.4 Å². The van der Waals surface area contributed by atoms with Crippen molar-refractivity contribution in [2.75, 3.05) is 10.2 Å². The van der Waals surface area contributed by atoms with Crippen molar-refractivity contribution in [1.82, 2.24) is 0 Å². The van der Waals surface area contributed by atoms with Crippen molar-refractivity contribution in [3.8, 4) is 5.75 Å². The van der Waals surface area contributed by atoms with Crippen LogP contribution in [0.3, 0.4) is 0 Å². The largest absolute Gasteiger partial charge is 0.489 e. The van der Waals surface area contributed by atoms with E-state index in [2.05, 4.69) is 43.4 Å². The van der Waals surface area contributed by atoms with Crippen molar-refractivity contribution in [2.45, 2.75) is 39.0 Å².